The van der Waals surface area contributed by atoms with Crippen LogP contribution in [0.5, 0.6) is 0 Å². The van der Waals surface area contributed by atoms with Crippen molar-refractivity contribution >= 4 is 13.1 Å². The quantitative estimate of drug-likeness (QED) is 0.435. The van der Waals surface area contributed by atoms with E-state index in [1.807, 2.05) is 0 Å². The highest BCUT2D eigenvalue weighted by Gasteiger charge is 2.32. The standard InChI is InChI=1S/C8H16BNO4/c11-8(12)7-5-10-4-6(7)2-1-3-9(13)14/h6-7,10,13-14H,1-5H2,(H,11,12)/t6-,7+/m0/s1. The van der Waals surface area contributed by atoms with E-state index in [2.05, 4.69) is 5.32 Å². The highest BCUT2D eigenvalue weighted by molar-refractivity contribution is 6.40. The Balaban J connectivity index is 2.26. The van der Waals surface area contributed by atoms with Gasteiger partial charge in [0.15, 0.2) is 0 Å². The fourth-order valence-electron chi connectivity index (χ4n) is 1.89. The van der Waals surface area contributed by atoms with Crippen molar-refractivity contribution < 1.29 is 19.9 Å². The number of carboxylic acids is 1. The molecule has 1 aliphatic heterocycles. The number of nitrogens with one attached hydrogen (secondary N) is 1. The monoisotopic (exact) mass is 201 g/mol. The zero-order chi connectivity index (χ0) is 10.6. The van der Waals surface area contributed by atoms with E-state index in [1.165, 1.54) is 0 Å². The number of rotatable bonds is 5. The first kappa shape index (κ1) is 11.5. The first-order valence-corrected chi connectivity index (χ1v) is 4.91. The fraction of sp³-hybridized carbons (Fsp3) is 0.875. The lowest BCUT2D eigenvalue weighted by Crippen LogP contribution is -2.22. The molecule has 0 radical (unpaired) electrons. The van der Waals surface area contributed by atoms with Crippen LogP contribution in [0.4, 0.5) is 0 Å². The maximum absolute atomic E-state index is 10.8. The van der Waals surface area contributed by atoms with Gasteiger partial charge in [0, 0.05) is 6.54 Å². The third kappa shape index (κ3) is 3.28. The van der Waals surface area contributed by atoms with E-state index in [1.54, 1.807) is 0 Å². The second-order valence-corrected chi connectivity index (χ2v) is 3.77. The zero-order valence-corrected chi connectivity index (χ0v) is 8.02. The molecule has 6 heteroatoms. The minimum Gasteiger partial charge on any atom is -0.481 e. The molecule has 2 atom stereocenters. The average molecular weight is 201 g/mol. The normalized spacial score (nSPS) is 26.4. The Morgan fingerprint density at radius 3 is 2.71 bits per heavy atom. The fourth-order valence-corrected chi connectivity index (χ4v) is 1.89. The van der Waals surface area contributed by atoms with Gasteiger partial charge in [-0.15, -0.1) is 0 Å². The lowest BCUT2D eigenvalue weighted by Gasteiger charge is -2.13. The summed E-state index contributed by atoms with van der Waals surface area (Å²) in [6, 6.07) is 0. The Morgan fingerprint density at radius 1 is 1.43 bits per heavy atom. The van der Waals surface area contributed by atoms with Gasteiger partial charge < -0.3 is 20.5 Å². The third-order valence-electron chi connectivity index (χ3n) is 2.69. The minimum atomic E-state index is -1.27. The van der Waals surface area contributed by atoms with E-state index < -0.39 is 13.1 Å². The molecule has 80 valence electrons. The zero-order valence-electron chi connectivity index (χ0n) is 8.02. The number of carboxylic acid groups (broad SMARTS) is 1. The van der Waals surface area contributed by atoms with E-state index >= 15 is 0 Å². The first-order chi connectivity index (χ1) is 6.61. The first-order valence-electron chi connectivity index (χ1n) is 4.91. The molecule has 0 aromatic rings. The van der Waals surface area contributed by atoms with Crippen LogP contribution in [0.25, 0.3) is 0 Å². The Bertz CT molecular complexity index is 200. The van der Waals surface area contributed by atoms with Crippen LogP contribution in [-0.2, 0) is 4.79 Å². The van der Waals surface area contributed by atoms with E-state index in [9.17, 15) is 4.79 Å². The Labute approximate surface area is 83.3 Å². The Morgan fingerprint density at radius 2 is 2.14 bits per heavy atom. The Kier molecular flexibility index (Phi) is 4.38. The van der Waals surface area contributed by atoms with E-state index in [4.69, 9.17) is 15.2 Å². The van der Waals surface area contributed by atoms with Gasteiger partial charge in [0.05, 0.1) is 5.92 Å². The molecule has 1 aliphatic rings. The molecule has 0 bridgehead atoms. The van der Waals surface area contributed by atoms with Crippen molar-refractivity contribution in [3.8, 4) is 0 Å². The molecule has 1 saturated heterocycles. The van der Waals surface area contributed by atoms with Gasteiger partial charge >= 0.3 is 13.1 Å². The van der Waals surface area contributed by atoms with Gasteiger partial charge in [-0.3, -0.25) is 4.79 Å². The number of aliphatic carboxylic acids is 1. The highest BCUT2D eigenvalue weighted by atomic mass is 16.4. The van der Waals surface area contributed by atoms with Crippen LogP contribution >= 0.6 is 0 Å². The van der Waals surface area contributed by atoms with Crippen LogP contribution < -0.4 is 5.32 Å². The molecule has 5 nitrogen and oxygen atoms in total. The molecule has 0 amide bonds. The molecule has 0 aliphatic carbocycles. The molecule has 0 unspecified atom stereocenters. The summed E-state index contributed by atoms with van der Waals surface area (Å²) >= 11 is 0. The molecule has 0 aromatic heterocycles. The summed E-state index contributed by atoms with van der Waals surface area (Å²) < 4.78 is 0. The second-order valence-electron chi connectivity index (χ2n) is 3.77. The summed E-state index contributed by atoms with van der Waals surface area (Å²) in [6.45, 7) is 1.25. The van der Waals surface area contributed by atoms with E-state index in [0.717, 1.165) is 13.0 Å². The van der Waals surface area contributed by atoms with Crippen LogP contribution in [0.3, 0.4) is 0 Å². The van der Waals surface area contributed by atoms with Gasteiger partial charge in [-0.25, -0.2) is 0 Å². The molecule has 0 spiro atoms. The lowest BCUT2D eigenvalue weighted by atomic mass is 9.80. The van der Waals surface area contributed by atoms with Crippen molar-refractivity contribution in [1.29, 1.82) is 0 Å². The summed E-state index contributed by atoms with van der Waals surface area (Å²) in [5, 5.41) is 29.1. The molecule has 1 fully saturated rings. The molecule has 0 aromatic carbocycles. The largest absolute Gasteiger partial charge is 0.481 e. The van der Waals surface area contributed by atoms with Crippen LogP contribution in [0.15, 0.2) is 0 Å². The van der Waals surface area contributed by atoms with Gasteiger partial charge in [0.2, 0.25) is 0 Å². The molecular formula is C8H16BNO4. The molecule has 1 rings (SSSR count). The third-order valence-corrected chi connectivity index (χ3v) is 2.69. The van der Waals surface area contributed by atoms with Crippen molar-refractivity contribution in [2.45, 2.75) is 19.2 Å². The molecule has 0 saturated carbocycles. The number of hydrogen-bond donors (Lipinski definition) is 4. The average Bonchev–Trinajstić information content (AvgIpc) is 2.51. The summed E-state index contributed by atoms with van der Waals surface area (Å²) in [7, 11) is -1.27. The van der Waals surface area contributed by atoms with Crippen LogP contribution in [0, 0.1) is 11.8 Å². The topological polar surface area (TPSA) is 89.8 Å². The van der Waals surface area contributed by atoms with Crippen LogP contribution in [0.2, 0.25) is 6.32 Å². The van der Waals surface area contributed by atoms with Crippen molar-refractivity contribution in [3.63, 3.8) is 0 Å². The minimum absolute atomic E-state index is 0.131. The highest BCUT2D eigenvalue weighted by Crippen LogP contribution is 2.22. The van der Waals surface area contributed by atoms with Crippen molar-refractivity contribution in [1.82, 2.24) is 5.32 Å². The maximum Gasteiger partial charge on any atom is 0.451 e. The van der Waals surface area contributed by atoms with Crippen LogP contribution in [-0.4, -0.2) is 41.3 Å². The SMILES string of the molecule is O=C(O)[C@@H]1CNC[C@@H]1CCCB(O)O. The summed E-state index contributed by atoms with van der Waals surface area (Å²) in [4.78, 5) is 10.8. The van der Waals surface area contributed by atoms with Crippen molar-refractivity contribution in [2.75, 3.05) is 13.1 Å². The van der Waals surface area contributed by atoms with Gasteiger partial charge in [-0.05, 0) is 25.2 Å². The number of hydrogen-bond acceptors (Lipinski definition) is 4. The Hall–Kier alpha value is -0.585. The lowest BCUT2D eigenvalue weighted by molar-refractivity contribution is -0.142. The van der Waals surface area contributed by atoms with Crippen molar-refractivity contribution in [2.24, 2.45) is 11.8 Å². The van der Waals surface area contributed by atoms with Gasteiger partial charge in [-0.2, -0.15) is 0 Å². The van der Waals surface area contributed by atoms with Gasteiger partial charge in [0.25, 0.3) is 0 Å². The van der Waals surface area contributed by atoms with Gasteiger partial charge in [-0.1, -0.05) is 6.42 Å². The predicted octanol–water partition coefficient (Wildman–Crippen LogP) is -0.840. The number of carbonyl (C=O) groups is 1. The molecule has 14 heavy (non-hydrogen) atoms. The van der Waals surface area contributed by atoms with Gasteiger partial charge in [0.1, 0.15) is 0 Å². The molecule has 1 heterocycles. The summed E-state index contributed by atoms with van der Waals surface area (Å²) in [5.74, 6) is -0.943. The predicted molar refractivity (Wildman–Crippen MR) is 51.7 cm³/mol. The van der Waals surface area contributed by atoms with Crippen molar-refractivity contribution in [3.05, 3.63) is 0 Å². The smallest absolute Gasteiger partial charge is 0.451 e. The molecular weight excluding hydrogens is 185 g/mol. The second kappa shape index (κ2) is 5.33. The van der Waals surface area contributed by atoms with E-state index in [0.29, 0.717) is 19.3 Å². The van der Waals surface area contributed by atoms with E-state index in [-0.39, 0.29) is 11.8 Å². The maximum atomic E-state index is 10.8. The summed E-state index contributed by atoms with van der Waals surface area (Å²) in [6.07, 6.45) is 1.72. The van der Waals surface area contributed by atoms with Crippen LogP contribution in [0.1, 0.15) is 12.8 Å². The summed E-state index contributed by atoms with van der Waals surface area (Å²) in [5.41, 5.74) is 0. The molecule has 4 N–H and O–H groups in total.